The van der Waals surface area contributed by atoms with Crippen LogP contribution in [0.25, 0.3) is 16.2 Å². The molecular formula is C22H21NO5S. The van der Waals surface area contributed by atoms with Crippen molar-refractivity contribution in [3.8, 4) is 11.5 Å². The number of thiophene rings is 1. The van der Waals surface area contributed by atoms with Crippen LogP contribution in [0, 0.1) is 0 Å². The lowest BCUT2D eigenvalue weighted by molar-refractivity contribution is -0.111. The Kier molecular flexibility index (Phi) is 6.51. The summed E-state index contributed by atoms with van der Waals surface area (Å²) in [5.74, 6) is 0.378. The summed E-state index contributed by atoms with van der Waals surface area (Å²) in [7, 11) is 3.11. The molecule has 0 saturated carbocycles. The number of nitrogens with one attached hydrogen (secondary N) is 1. The van der Waals surface area contributed by atoms with E-state index in [0.717, 1.165) is 15.6 Å². The highest BCUT2D eigenvalue weighted by molar-refractivity contribution is 7.23. The summed E-state index contributed by atoms with van der Waals surface area (Å²) >= 11 is 1.34. The van der Waals surface area contributed by atoms with Crippen LogP contribution in [0.4, 0.5) is 5.00 Å². The predicted octanol–water partition coefficient (Wildman–Crippen LogP) is 4.75. The van der Waals surface area contributed by atoms with Crippen LogP contribution in [0.2, 0.25) is 0 Å². The number of fused-ring (bicyclic) bond motifs is 1. The second kappa shape index (κ2) is 9.25. The van der Waals surface area contributed by atoms with Crippen LogP contribution in [-0.2, 0) is 9.53 Å². The minimum absolute atomic E-state index is 0.260. The van der Waals surface area contributed by atoms with Crippen molar-refractivity contribution < 1.29 is 23.8 Å². The van der Waals surface area contributed by atoms with Crippen LogP contribution < -0.4 is 14.8 Å². The zero-order valence-corrected chi connectivity index (χ0v) is 17.2. The molecule has 150 valence electrons. The number of carbonyl (C=O) groups is 2. The third kappa shape index (κ3) is 4.57. The van der Waals surface area contributed by atoms with Crippen molar-refractivity contribution in [3.63, 3.8) is 0 Å². The number of anilines is 1. The molecular weight excluding hydrogens is 390 g/mol. The number of benzene rings is 2. The fraction of sp³-hybridized carbons (Fsp3) is 0.182. The third-order valence-corrected chi connectivity index (χ3v) is 5.23. The molecule has 3 aromatic rings. The fourth-order valence-electron chi connectivity index (χ4n) is 2.82. The van der Waals surface area contributed by atoms with Gasteiger partial charge >= 0.3 is 5.97 Å². The van der Waals surface area contributed by atoms with Crippen molar-refractivity contribution >= 4 is 44.4 Å². The van der Waals surface area contributed by atoms with Crippen molar-refractivity contribution in [1.29, 1.82) is 0 Å². The van der Waals surface area contributed by atoms with Gasteiger partial charge in [-0.2, -0.15) is 0 Å². The van der Waals surface area contributed by atoms with E-state index in [2.05, 4.69) is 5.32 Å². The Bertz CT molecular complexity index is 1070. The fourth-order valence-corrected chi connectivity index (χ4v) is 3.91. The van der Waals surface area contributed by atoms with E-state index in [0.29, 0.717) is 22.1 Å². The highest BCUT2D eigenvalue weighted by Gasteiger charge is 2.20. The molecule has 0 spiro atoms. The Morgan fingerprint density at radius 2 is 1.83 bits per heavy atom. The molecule has 3 rings (SSSR count). The summed E-state index contributed by atoms with van der Waals surface area (Å²) in [6, 6.07) is 12.8. The average Bonchev–Trinajstić information content (AvgIpc) is 3.09. The van der Waals surface area contributed by atoms with E-state index < -0.39 is 5.97 Å². The van der Waals surface area contributed by atoms with E-state index in [-0.39, 0.29) is 12.5 Å². The second-order valence-electron chi connectivity index (χ2n) is 5.96. The number of hydrogen-bond donors (Lipinski definition) is 1. The molecule has 7 heteroatoms. The van der Waals surface area contributed by atoms with Crippen molar-refractivity contribution in [1.82, 2.24) is 0 Å². The van der Waals surface area contributed by atoms with Gasteiger partial charge in [-0.25, -0.2) is 4.79 Å². The minimum Gasteiger partial charge on any atom is -0.493 e. The van der Waals surface area contributed by atoms with Crippen LogP contribution in [0.15, 0.2) is 48.5 Å². The van der Waals surface area contributed by atoms with Crippen molar-refractivity contribution in [2.75, 3.05) is 26.1 Å². The summed E-state index contributed by atoms with van der Waals surface area (Å²) in [4.78, 5) is 24.9. The van der Waals surface area contributed by atoms with Gasteiger partial charge in [0.1, 0.15) is 10.6 Å². The molecule has 0 atom stereocenters. The molecule has 1 heterocycles. The van der Waals surface area contributed by atoms with Crippen LogP contribution in [-0.4, -0.2) is 32.7 Å². The number of methoxy groups -OCH3 is 2. The first kappa shape index (κ1) is 20.4. The average molecular weight is 411 g/mol. The number of ether oxygens (including phenoxy) is 3. The Morgan fingerprint density at radius 1 is 1.07 bits per heavy atom. The van der Waals surface area contributed by atoms with Gasteiger partial charge in [-0.15, -0.1) is 11.3 Å². The molecule has 1 amide bonds. The maximum absolute atomic E-state index is 12.5. The first-order valence-corrected chi connectivity index (χ1v) is 9.78. The Morgan fingerprint density at radius 3 is 2.55 bits per heavy atom. The molecule has 0 unspecified atom stereocenters. The van der Waals surface area contributed by atoms with Crippen LogP contribution in [0.1, 0.15) is 22.8 Å². The summed E-state index contributed by atoms with van der Waals surface area (Å²) in [6.45, 7) is 2.01. The molecule has 0 fully saturated rings. The Balaban J connectivity index is 1.84. The zero-order valence-electron chi connectivity index (χ0n) is 16.4. The second-order valence-corrected chi connectivity index (χ2v) is 7.01. The van der Waals surface area contributed by atoms with Gasteiger partial charge in [-0.05, 0) is 36.8 Å². The highest BCUT2D eigenvalue weighted by atomic mass is 32.1. The molecule has 0 aliphatic carbocycles. The molecule has 1 N–H and O–H groups in total. The van der Waals surface area contributed by atoms with E-state index in [1.165, 1.54) is 17.4 Å². The van der Waals surface area contributed by atoms with Crippen molar-refractivity contribution in [2.45, 2.75) is 6.92 Å². The van der Waals surface area contributed by atoms with E-state index in [1.807, 2.05) is 30.3 Å². The smallest absolute Gasteiger partial charge is 0.341 e. The quantitative estimate of drug-likeness (QED) is 0.449. The van der Waals surface area contributed by atoms with Gasteiger partial charge in [0.2, 0.25) is 5.91 Å². The summed E-state index contributed by atoms with van der Waals surface area (Å²) in [6.07, 6.45) is 3.06. The van der Waals surface area contributed by atoms with E-state index in [4.69, 9.17) is 14.2 Å². The topological polar surface area (TPSA) is 73.9 Å². The SMILES string of the molecule is CCOC(=O)c1c(NC(=O)/C=C\c2ccc(OC)c(OC)c2)sc2ccccc12. The number of hydrogen-bond acceptors (Lipinski definition) is 6. The molecule has 0 aliphatic rings. The first-order valence-electron chi connectivity index (χ1n) is 8.97. The number of rotatable bonds is 7. The van der Waals surface area contributed by atoms with Crippen molar-refractivity contribution in [2.24, 2.45) is 0 Å². The molecule has 2 aromatic carbocycles. The normalized spacial score (nSPS) is 10.9. The van der Waals surface area contributed by atoms with Gasteiger partial charge in [-0.1, -0.05) is 24.3 Å². The summed E-state index contributed by atoms with van der Waals surface area (Å²) < 4.78 is 16.5. The number of amides is 1. The summed E-state index contributed by atoms with van der Waals surface area (Å²) in [5.41, 5.74) is 1.15. The molecule has 29 heavy (non-hydrogen) atoms. The van der Waals surface area contributed by atoms with Crippen LogP contribution in [0.5, 0.6) is 11.5 Å². The van der Waals surface area contributed by atoms with E-state index in [9.17, 15) is 9.59 Å². The molecule has 0 bridgehead atoms. The molecule has 0 aliphatic heterocycles. The lowest BCUT2D eigenvalue weighted by atomic mass is 10.1. The van der Waals surface area contributed by atoms with Gasteiger partial charge in [0.05, 0.1) is 20.8 Å². The van der Waals surface area contributed by atoms with Gasteiger partial charge in [-0.3, -0.25) is 4.79 Å². The molecule has 6 nitrogen and oxygen atoms in total. The maximum atomic E-state index is 12.5. The largest absolute Gasteiger partial charge is 0.493 e. The third-order valence-electron chi connectivity index (χ3n) is 4.15. The van der Waals surface area contributed by atoms with Gasteiger partial charge in [0.15, 0.2) is 11.5 Å². The van der Waals surface area contributed by atoms with Gasteiger partial charge < -0.3 is 19.5 Å². The highest BCUT2D eigenvalue weighted by Crippen LogP contribution is 2.36. The Labute approximate surface area is 172 Å². The summed E-state index contributed by atoms with van der Waals surface area (Å²) in [5, 5.41) is 4.02. The lowest BCUT2D eigenvalue weighted by Gasteiger charge is -2.07. The Hall–Kier alpha value is -3.32. The van der Waals surface area contributed by atoms with Gasteiger partial charge in [0, 0.05) is 16.2 Å². The minimum atomic E-state index is -0.455. The first-order chi connectivity index (χ1) is 14.1. The monoisotopic (exact) mass is 411 g/mol. The van der Waals surface area contributed by atoms with E-state index >= 15 is 0 Å². The van der Waals surface area contributed by atoms with Crippen molar-refractivity contribution in [3.05, 3.63) is 59.7 Å². The lowest BCUT2D eigenvalue weighted by Crippen LogP contribution is -2.12. The maximum Gasteiger partial charge on any atom is 0.341 e. The predicted molar refractivity (Wildman–Crippen MR) is 115 cm³/mol. The number of carbonyl (C=O) groups excluding carboxylic acids is 2. The zero-order chi connectivity index (χ0) is 20.8. The molecule has 0 saturated heterocycles. The van der Waals surface area contributed by atoms with E-state index in [1.54, 1.807) is 39.4 Å². The van der Waals surface area contributed by atoms with Crippen LogP contribution in [0.3, 0.4) is 0 Å². The van der Waals surface area contributed by atoms with Crippen LogP contribution >= 0.6 is 11.3 Å². The molecule has 1 aromatic heterocycles. The number of esters is 1. The van der Waals surface area contributed by atoms with Gasteiger partial charge in [0.25, 0.3) is 0 Å². The standard InChI is InChI=1S/C22H21NO5S/c1-4-28-22(25)20-15-7-5-6-8-18(15)29-21(20)23-19(24)12-10-14-9-11-16(26-2)17(13-14)27-3/h5-13H,4H2,1-3H3,(H,23,24)/b12-10-. The molecule has 0 radical (unpaired) electrons.